The van der Waals surface area contributed by atoms with Crippen LogP contribution in [0.15, 0.2) is 24.4 Å². The molecule has 1 heterocycles. The van der Waals surface area contributed by atoms with Crippen molar-refractivity contribution in [3.63, 3.8) is 0 Å². The topological polar surface area (TPSA) is 78.0 Å². The summed E-state index contributed by atoms with van der Waals surface area (Å²) in [5.74, 6) is -0.157. The smallest absolute Gasteiger partial charge is 0.253 e. The van der Waals surface area contributed by atoms with E-state index in [-0.39, 0.29) is 11.9 Å². The maximum absolute atomic E-state index is 12.2. The number of carbonyl (C=O) groups is 1. The summed E-state index contributed by atoms with van der Waals surface area (Å²) >= 11 is 0. The highest BCUT2D eigenvalue weighted by molar-refractivity contribution is 6.05. The summed E-state index contributed by atoms with van der Waals surface area (Å²) in [6.45, 7) is 0. The molecule has 1 saturated carbocycles. The Morgan fingerprint density at radius 2 is 2.33 bits per heavy atom. The minimum atomic E-state index is -0.421. The summed E-state index contributed by atoms with van der Waals surface area (Å²) in [4.78, 5) is 12.2. The largest absolute Gasteiger partial charge is 0.391 e. The summed E-state index contributed by atoms with van der Waals surface area (Å²) in [6, 6.07) is 5.37. The first-order valence-corrected chi connectivity index (χ1v) is 6.17. The molecule has 0 saturated heterocycles. The summed E-state index contributed by atoms with van der Waals surface area (Å²) in [7, 11) is 0. The van der Waals surface area contributed by atoms with Crippen molar-refractivity contribution in [3.05, 3.63) is 30.0 Å². The second-order valence-electron chi connectivity index (χ2n) is 4.72. The number of aromatic nitrogens is 2. The van der Waals surface area contributed by atoms with Crippen molar-refractivity contribution in [1.29, 1.82) is 0 Å². The lowest BCUT2D eigenvalue weighted by molar-refractivity contribution is 0.0874. The maximum atomic E-state index is 12.2. The van der Waals surface area contributed by atoms with Crippen LogP contribution < -0.4 is 5.32 Å². The Labute approximate surface area is 104 Å². The van der Waals surface area contributed by atoms with Gasteiger partial charge in [0, 0.05) is 5.39 Å². The fourth-order valence-electron chi connectivity index (χ4n) is 2.51. The van der Waals surface area contributed by atoms with Gasteiger partial charge in [-0.05, 0) is 25.3 Å². The Morgan fingerprint density at radius 1 is 1.44 bits per heavy atom. The monoisotopic (exact) mass is 245 g/mol. The fourth-order valence-corrected chi connectivity index (χ4v) is 2.51. The number of carbonyl (C=O) groups excluding carboxylic acids is 1. The van der Waals surface area contributed by atoms with Gasteiger partial charge in [-0.1, -0.05) is 12.1 Å². The van der Waals surface area contributed by atoms with Crippen LogP contribution in [0.5, 0.6) is 0 Å². The third-order valence-electron chi connectivity index (χ3n) is 3.52. The number of fused-ring (bicyclic) bond motifs is 1. The molecule has 1 aromatic heterocycles. The Hall–Kier alpha value is -1.88. The number of aromatic amines is 1. The van der Waals surface area contributed by atoms with Crippen LogP contribution in [-0.4, -0.2) is 33.4 Å². The Balaban J connectivity index is 1.85. The van der Waals surface area contributed by atoms with Gasteiger partial charge >= 0.3 is 0 Å². The van der Waals surface area contributed by atoms with Crippen molar-refractivity contribution in [2.75, 3.05) is 0 Å². The fraction of sp³-hybridized carbons (Fsp3) is 0.385. The zero-order valence-electron chi connectivity index (χ0n) is 9.89. The van der Waals surface area contributed by atoms with Crippen LogP contribution in [0.25, 0.3) is 10.9 Å². The molecule has 1 aliphatic carbocycles. The minimum Gasteiger partial charge on any atom is -0.391 e. The molecule has 0 aliphatic heterocycles. The molecule has 2 atom stereocenters. The first-order valence-electron chi connectivity index (χ1n) is 6.17. The van der Waals surface area contributed by atoms with E-state index in [4.69, 9.17) is 0 Å². The number of H-pyrrole nitrogens is 1. The molecule has 0 bridgehead atoms. The van der Waals surface area contributed by atoms with E-state index in [1.54, 1.807) is 12.3 Å². The highest BCUT2D eigenvalue weighted by Gasteiger charge is 2.27. The summed E-state index contributed by atoms with van der Waals surface area (Å²) in [6.07, 6.45) is 3.83. The van der Waals surface area contributed by atoms with Gasteiger partial charge in [-0.3, -0.25) is 9.89 Å². The molecule has 18 heavy (non-hydrogen) atoms. The minimum absolute atomic E-state index is 0.129. The van der Waals surface area contributed by atoms with Gasteiger partial charge in [-0.15, -0.1) is 0 Å². The lowest BCUT2D eigenvalue weighted by atomic mass is 10.1. The van der Waals surface area contributed by atoms with Crippen molar-refractivity contribution >= 4 is 16.8 Å². The number of amides is 1. The molecule has 1 amide bonds. The molecule has 5 heteroatoms. The Kier molecular flexibility index (Phi) is 2.76. The van der Waals surface area contributed by atoms with Crippen LogP contribution in [0, 0.1) is 0 Å². The molecule has 1 fully saturated rings. The van der Waals surface area contributed by atoms with Gasteiger partial charge in [0.25, 0.3) is 5.91 Å². The van der Waals surface area contributed by atoms with E-state index >= 15 is 0 Å². The molecule has 5 nitrogen and oxygen atoms in total. The van der Waals surface area contributed by atoms with E-state index in [2.05, 4.69) is 15.5 Å². The third kappa shape index (κ3) is 1.86. The van der Waals surface area contributed by atoms with Gasteiger partial charge in [0.2, 0.25) is 0 Å². The van der Waals surface area contributed by atoms with E-state index in [0.29, 0.717) is 5.56 Å². The Morgan fingerprint density at radius 3 is 3.11 bits per heavy atom. The molecule has 94 valence electrons. The highest BCUT2D eigenvalue weighted by Crippen LogP contribution is 2.20. The Bertz CT molecular complexity index is 578. The molecule has 1 aliphatic rings. The van der Waals surface area contributed by atoms with E-state index < -0.39 is 6.10 Å². The van der Waals surface area contributed by atoms with Gasteiger partial charge in [0.1, 0.15) is 0 Å². The van der Waals surface area contributed by atoms with Crippen molar-refractivity contribution in [2.45, 2.75) is 31.4 Å². The van der Waals surface area contributed by atoms with Crippen LogP contribution in [0.1, 0.15) is 29.6 Å². The predicted octanol–water partition coefficient (Wildman–Crippen LogP) is 1.21. The van der Waals surface area contributed by atoms with Gasteiger partial charge < -0.3 is 10.4 Å². The van der Waals surface area contributed by atoms with Gasteiger partial charge in [0.05, 0.1) is 29.4 Å². The average Bonchev–Trinajstić information content (AvgIpc) is 2.98. The number of nitrogens with one attached hydrogen (secondary N) is 2. The first kappa shape index (κ1) is 11.2. The van der Waals surface area contributed by atoms with Crippen LogP contribution in [0.2, 0.25) is 0 Å². The number of aliphatic hydroxyl groups is 1. The van der Waals surface area contributed by atoms with Crippen LogP contribution in [0.3, 0.4) is 0 Å². The average molecular weight is 245 g/mol. The van der Waals surface area contributed by atoms with Crippen molar-refractivity contribution in [1.82, 2.24) is 15.5 Å². The van der Waals surface area contributed by atoms with Gasteiger partial charge in [-0.2, -0.15) is 5.10 Å². The zero-order chi connectivity index (χ0) is 12.5. The van der Waals surface area contributed by atoms with Gasteiger partial charge in [-0.25, -0.2) is 0 Å². The lowest BCUT2D eigenvalue weighted by Gasteiger charge is -2.16. The lowest BCUT2D eigenvalue weighted by Crippen LogP contribution is -2.39. The maximum Gasteiger partial charge on any atom is 0.253 e. The standard InChI is InChI=1S/C13H15N3O2/c17-11-6-2-5-10(11)15-13(18)9-4-1-3-8-7-14-16-12(8)9/h1,3-4,7,10-11,17H,2,5-6H2,(H,14,16)(H,15,18)/t10-,11-/m1/s1. The summed E-state index contributed by atoms with van der Waals surface area (Å²) < 4.78 is 0. The van der Waals surface area contributed by atoms with Crippen molar-refractivity contribution in [3.8, 4) is 0 Å². The number of hydrogen-bond donors (Lipinski definition) is 3. The molecule has 1 aromatic carbocycles. The molecule has 0 unspecified atom stereocenters. The zero-order valence-corrected chi connectivity index (χ0v) is 9.89. The van der Waals surface area contributed by atoms with E-state index in [1.165, 1.54) is 0 Å². The molecule has 0 radical (unpaired) electrons. The molecule has 2 aromatic rings. The molecule has 3 N–H and O–H groups in total. The summed E-state index contributed by atoms with van der Waals surface area (Å²) in [5.41, 5.74) is 1.31. The number of aliphatic hydroxyl groups excluding tert-OH is 1. The number of nitrogens with zero attached hydrogens (tertiary/aromatic N) is 1. The number of benzene rings is 1. The van der Waals surface area contributed by atoms with E-state index in [9.17, 15) is 9.90 Å². The van der Waals surface area contributed by atoms with Crippen molar-refractivity contribution < 1.29 is 9.90 Å². The summed E-state index contributed by atoms with van der Waals surface area (Å²) in [5, 5.41) is 20.3. The normalized spacial score (nSPS) is 23.4. The molecule has 3 rings (SSSR count). The molecular weight excluding hydrogens is 230 g/mol. The quantitative estimate of drug-likeness (QED) is 0.744. The number of rotatable bonds is 2. The number of hydrogen-bond acceptors (Lipinski definition) is 3. The third-order valence-corrected chi connectivity index (χ3v) is 3.52. The van der Waals surface area contributed by atoms with E-state index in [0.717, 1.165) is 30.2 Å². The van der Waals surface area contributed by atoms with Crippen LogP contribution in [0.4, 0.5) is 0 Å². The predicted molar refractivity (Wildman–Crippen MR) is 67.2 cm³/mol. The molecule has 0 spiro atoms. The van der Waals surface area contributed by atoms with Crippen LogP contribution >= 0.6 is 0 Å². The SMILES string of the molecule is O=C(N[C@@H]1CCC[C@H]1O)c1cccc2cn[nH]c12. The van der Waals surface area contributed by atoms with Crippen LogP contribution in [-0.2, 0) is 0 Å². The number of para-hydroxylation sites is 1. The van der Waals surface area contributed by atoms with E-state index in [1.807, 2.05) is 12.1 Å². The second kappa shape index (κ2) is 4.42. The highest BCUT2D eigenvalue weighted by atomic mass is 16.3. The first-order chi connectivity index (χ1) is 8.75. The van der Waals surface area contributed by atoms with Crippen molar-refractivity contribution in [2.24, 2.45) is 0 Å². The second-order valence-corrected chi connectivity index (χ2v) is 4.72. The van der Waals surface area contributed by atoms with Gasteiger partial charge in [0.15, 0.2) is 0 Å². The molecular formula is C13H15N3O2.